The van der Waals surface area contributed by atoms with E-state index < -0.39 is 22.2 Å². The number of hydrogen-bond acceptors (Lipinski definition) is 5. The van der Waals surface area contributed by atoms with Crippen LogP contribution in [0.5, 0.6) is 0 Å². The van der Waals surface area contributed by atoms with Crippen molar-refractivity contribution >= 4 is 17.7 Å². The summed E-state index contributed by atoms with van der Waals surface area (Å²) >= 11 is 0. The largest absolute Gasteiger partial charge is 0.444 e. The highest BCUT2D eigenvalue weighted by Gasteiger charge is 2.31. The number of nitrogens with one attached hydrogen (secondary N) is 2. The molecular formula is C19H29N3O5. The SMILES string of the molecule is CC(C)C(C)(CNC(=O)OC(C)(C)C)NC(=O)Cc1ccc([N+](=O)[O-])cc1. The molecule has 1 rings (SSSR count). The predicted octanol–water partition coefficient (Wildman–Crippen LogP) is 3.19. The molecule has 2 N–H and O–H groups in total. The van der Waals surface area contributed by atoms with Crippen LogP contribution in [0.4, 0.5) is 10.5 Å². The third kappa shape index (κ3) is 7.64. The van der Waals surface area contributed by atoms with E-state index in [4.69, 9.17) is 4.74 Å². The van der Waals surface area contributed by atoms with E-state index in [0.717, 1.165) is 0 Å². The molecule has 1 atom stereocenters. The Balaban J connectivity index is 2.70. The lowest BCUT2D eigenvalue weighted by atomic mass is 9.88. The second-order valence-electron chi connectivity index (χ2n) is 8.08. The summed E-state index contributed by atoms with van der Waals surface area (Å²) in [4.78, 5) is 34.5. The number of carbonyl (C=O) groups excluding carboxylic acids is 2. The van der Waals surface area contributed by atoms with Crippen molar-refractivity contribution in [1.29, 1.82) is 0 Å². The Morgan fingerprint density at radius 3 is 2.15 bits per heavy atom. The van der Waals surface area contributed by atoms with Crippen LogP contribution in [0.2, 0.25) is 0 Å². The van der Waals surface area contributed by atoms with Crippen molar-refractivity contribution in [3.8, 4) is 0 Å². The fraction of sp³-hybridized carbons (Fsp3) is 0.579. The second kappa shape index (κ2) is 8.83. The maximum absolute atomic E-state index is 12.4. The number of benzene rings is 1. The van der Waals surface area contributed by atoms with Crippen LogP contribution in [0, 0.1) is 16.0 Å². The van der Waals surface area contributed by atoms with E-state index >= 15 is 0 Å². The topological polar surface area (TPSA) is 111 Å². The van der Waals surface area contributed by atoms with Crippen molar-refractivity contribution in [2.24, 2.45) is 5.92 Å². The van der Waals surface area contributed by atoms with Crippen LogP contribution < -0.4 is 10.6 Å². The fourth-order valence-corrected chi connectivity index (χ4v) is 2.25. The molecule has 150 valence electrons. The van der Waals surface area contributed by atoms with Gasteiger partial charge in [-0.3, -0.25) is 14.9 Å². The van der Waals surface area contributed by atoms with E-state index in [0.29, 0.717) is 5.56 Å². The lowest BCUT2D eigenvalue weighted by Gasteiger charge is -2.35. The molecule has 1 unspecified atom stereocenters. The molecule has 8 nitrogen and oxygen atoms in total. The molecule has 2 amide bonds. The molecule has 0 fully saturated rings. The molecule has 1 aromatic rings. The highest BCUT2D eigenvalue weighted by molar-refractivity contribution is 5.79. The molecule has 0 saturated heterocycles. The standard InChI is InChI=1S/C19H29N3O5/c1-13(2)19(6,12-20-17(24)27-18(3,4)5)21-16(23)11-14-7-9-15(10-8-14)22(25)26/h7-10,13H,11-12H2,1-6H3,(H,20,24)(H,21,23). The van der Waals surface area contributed by atoms with Crippen molar-refractivity contribution in [3.05, 3.63) is 39.9 Å². The van der Waals surface area contributed by atoms with Gasteiger partial charge in [-0.25, -0.2) is 4.79 Å². The summed E-state index contributed by atoms with van der Waals surface area (Å²) in [7, 11) is 0. The zero-order valence-corrected chi connectivity index (χ0v) is 16.8. The Morgan fingerprint density at radius 2 is 1.70 bits per heavy atom. The van der Waals surface area contributed by atoms with E-state index in [2.05, 4.69) is 10.6 Å². The molecule has 0 aliphatic heterocycles. The van der Waals surface area contributed by atoms with Gasteiger partial charge in [0, 0.05) is 18.7 Å². The summed E-state index contributed by atoms with van der Waals surface area (Å²) in [6.07, 6.45) is -0.453. The van der Waals surface area contributed by atoms with E-state index in [1.165, 1.54) is 12.1 Å². The summed E-state index contributed by atoms with van der Waals surface area (Å²) in [6, 6.07) is 5.86. The summed E-state index contributed by atoms with van der Waals surface area (Å²) < 4.78 is 5.23. The molecule has 0 aliphatic carbocycles. The molecule has 0 radical (unpaired) electrons. The van der Waals surface area contributed by atoms with Gasteiger partial charge in [-0.2, -0.15) is 0 Å². The normalized spacial score (nSPS) is 13.6. The lowest BCUT2D eigenvalue weighted by molar-refractivity contribution is -0.384. The molecule has 0 aromatic heterocycles. The van der Waals surface area contributed by atoms with Gasteiger partial charge >= 0.3 is 6.09 Å². The molecule has 8 heteroatoms. The van der Waals surface area contributed by atoms with Crippen molar-refractivity contribution < 1.29 is 19.2 Å². The first-order valence-corrected chi connectivity index (χ1v) is 8.83. The Labute approximate surface area is 159 Å². The highest BCUT2D eigenvalue weighted by atomic mass is 16.6. The van der Waals surface area contributed by atoms with Crippen molar-refractivity contribution in [1.82, 2.24) is 10.6 Å². The maximum Gasteiger partial charge on any atom is 0.407 e. The molecule has 0 bridgehead atoms. The van der Waals surface area contributed by atoms with Gasteiger partial charge < -0.3 is 15.4 Å². The van der Waals surface area contributed by atoms with Crippen LogP contribution in [0.15, 0.2) is 24.3 Å². The first-order valence-electron chi connectivity index (χ1n) is 8.83. The van der Waals surface area contributed by atoms with Crippen LogP contribution in [-0.2, 0) is 16.0 Å². The lowest BCUT2D eigenvalue weighted by Crippen LogP contribution is -2.57. The number of rotatable bonds is 7. The van der Waals surface area contributed by atoms with Crippen LogP contribution in [0.25, 0.3) is 0 Å². The van der Waals surface area contributed by atoms with E-state index in [9.17, 15) is 19.7 Å². The predicted molar refractivity (Wildman–Crippen MR) is 102 cm³/mol. The monoisotopic (exact) mass is 379 g/mol. The number of nitrogens with zero attached hydrogens (tertiary/aromatic N) is 1. The number of alkyl carbamates (subject to hydrolysis) is 1. The minimum atomic E-state index is -0.672. The van der Waals surface area contributed by atoms with Crippen LogP contribution in [0.3, 0.4) is 0 Å². The Bertz CT molecular complexity index is 680. The van der Waals surface area contributed by atoms with Gasteiger partial charge in [0.1, 0.15) is 5.60 Å². The fourth-order valence-electron chi connectivity index (χ4n) is 2.25. The number of carbonyl (C=O) groups is 2. The smallest absolute Gasteiger partial charge is 0.407 e. The molecule has 0 saturated carbocycles. The third-order valence-corrected chi connectivity index (χ3v) is 4.21. The van der Waals surface area contributed by atoms with Gasteiger partial charge in [-0.1, -0.05) is 26.0 Å². The van der Waals surface area contributed by atoms with Crippen molar-refractivity contribution in [3.63, 3.8) is 0 Å². The zero-order chi connectivity index (χ0) is 20.8. The Kier molecular flexibility index (Phi) is 7.33. The van der Waals surface area contributed by atoms with Crippen molar-refractivity contribution in [2.45, 2.75) is 59.1 Å². The summed E-state index contributed by atoms with van der Waals surface area (Å²) in [6.45, 7) is 11.3. The third-order valence-electron chi connectivity index (χ3n) is 4.21. The average molecular weight is 379 g/mol. The highest BCUT2D eigenvalue weighted by Crippen LogP contribution is 2.17. The number of amides is 2. The van der Waals surface area contributed by atoms with Crippen molar-refractivity contribution in [2.75, 3.05) is 6.54 Å². The quantitative estimate of drug-likeness (QED) is 0.558. The number of non-ortho nitro benzene ring substituents is 1. The Hall–Kier alpha value is -2.64. The van der Waals surface area contributed by atoms with Gasteiger partial charge in [0.15, 0.2) is 0 Å². The second-order valence-corrected chi connectivity index (χ2v) is 8.08. The molecular weight excluding hydrogens is 350 g/mol. The first kappa shape index (κ1) is 22.4. The summed E-state index contributed by atoms with van der Waals surface area (Å²) in [5.41, 5.74) is -0.622. The minimum absolute atomic E-state index is 0.0206. The average Bonchev–Trinajstić information content (AvgIpc) is 2.51. The minimum Gasteiger partial charge on any atom is -0.444 e. The molecule has 27 heavy (non-hydrogen) atoms. The number of nitro groups is 1. The molecule has 1 aromatic carbocycles. The summed E-state index contributed by atoms with van der Waals surface area (Å²) in [5, 5.41) is 16.3. The number of nitro benzene ring substituents is 1. The molecule has 0 spiro atoms. The molecule has 0 heterocycles. The van der Waals surface area contributed by atoms with Gasteiger partial charge in [0.25, 0.3) is 5.69 Å². The van der Waals surface area contributed by atoms with Gasteiger partial charge in [0.2, 0.25) is 5.91 Å². The van der Waals surface area contributed by atoms with Crippen LogP contribution in [-0.4, -0.2) is 34.6 Å². The summed E-state index contributed by atoms with van der Waals surface area (Å²) in [5.74, 6) is -0.181. The van der Waals surface area contributed by atoms with E-state index in [-0.39, 0.29) is 30.5 Å². The number of ether oxygens (including phenoxy) is 1. The number of hydrogen-bond donors (Lipinski definition) is 2. The van der Waals surface area contributed by atoms with Gasteiger partial charge in [-0.05, 0) is 39.2 Å². The van der Waals surface area contributed by atoms with Gasteiger partial charge in [0.05, 0.1) is 16.9 Å². The maximum atomic E-state index is 12.4. The Morgan fingerprint density at radius 1 is 1.15 bits per heavy atom. The van der Waals surface area contributed by atoms with E-state index in [1.807, 2.05) is 20.8 Å². The van der Waals surface area contributed by atoms with Crippen LogP contribution >= 0.6 is 0 Å². The zero-order valence-electron chi connectivity index (χ0n) is 16.8. The first-order chi connectivity index (χ1) is 12.3. The van der Waals surface area contributed by atoms with E-state index in [1.54, 1.807) is 32.9 Å². The molecule has 0 aliphatic rings. The van der Waals surface area contributed by atoms with Crippen LogP contribution in [0.1, 0.15) is 47.1 Å². The van der Waals surface area contributed by atoms with Gasteiger partial charge in [-0.15, -0.1) is 0 Å².